The Bertz CT molecular complexity index is 264. The maximum Gasteiger partial charge on any atom is 0.306 e. The molecule has 0 aromatic rings. The second-order valence-corrected chi connectivity index (χ2v) is 3.76. The van der Waals surface area contributed by atoms with Gasteiger partial charge in [0.05, 0.1) is 18.6 Å². The van der Waals surface area contributed by atoms with Gasteiger partial charge in [0.1, 0.15) is 0 Å². The molecule has 0 fully saturated rings. The maximum atomic E-state index is 11.2. The number of hydrogen-bond acceptors (Lipinski definition) is 4. The van der Waals surface area contributed by atoms with E-state index in [1.54, 1.807) is 6.08 Å². The second kappa shape index (κ2) is 6.97. The number of carboxylic acids is 1. The molecule has 0 saturated carbocycles. The fourth-order valence-electron chi connectivity index (χ4n) is 1.03. The summed E-state index contributed by atoms with van der Waals surface area (Å²) in [5.41, 5.74) is -1.43. The molecule has 0 aromatic heterocycles. The smallest absolute Gasteiger partial charge is 0.306 e. The van der Waals surface area contributed by atoms with E-state index in [4.69, 9.17) is 5.11 Å². The molecule has 6 nitrogen and oxygen atoms in total. The van der Waals surface area contributed by atoms with Crippen molar-refractivity contribution in [3.8, 4) is 0 Å². The van der Waals surface area contributed by atoms with Gasteiger partial charge in [-0.25, -0.2) is 0 Å². The summed E-state index contributed by atoms with van der Waals surface area (Å²) in [5.74, 6) is -1.41. The molecule has 0 aromatic carbocycles. The van der Waals surface area contributed by atoms with Gasteiger partial charge in [0, 0.05) is 13.1 Å². The summed E-state index contributed by atoms with van der Waals surface area (Å²) < 4.78 is 0. The molecule has 16 heavy (non-hydrogen) atoms. The molecule has 0 spiro atoms. The molecule has 0 bridgehead atoms. The van der Waals surface area contributed by atoms with Gasteiger partial charge in [0.2, 0.25) is 5.91 Å². The summed E-state index contributed by atoms with van der Waals surface area (Å²) >= 11 is 0. The van der Waals surface area contributed by atoms with Crippen molar-refractivity contribution in [1.82, 2.24) is 10.6 Å². The highest BCUT2D eigenvalue weighted by Crippen LogP contribution is 2.06. The fourth-order valence-corrected chi connectivity index (χ4v) is 1.03. The molecule has 4 N–H and O–H groups in total. The maximum absolute atomic E-state index is 11.2. The zero-order valence-corrected chi connectivity index (χ0v) is 9.32. The highest BCUT2D eigenvalue weighted by atomic mass is 16.4. The van der Waals surface area contributed by atoms with E-state index in [0.717, 1.165) is 0 Å². The van der Waals surface area contributed by atoms with Gasteiger partial charge in [0.25, 0.3) is 0 Å². The molecule has 0 aliphatic rings. The van der Waals surface area contributed by atoms with E-state index in [1.807, 2.05) is 0 Å². The Morgan fingerprint density at radius 1 is 1.50 bits per heavy atom. The first-order chi connectivity index (χ1) is 7.37. The summed E-state index contributed by atoms with van der Waals surface area (Å²) in [6, 6.07) is 0. The number of aliphatic carboxylic acids is 1. The lowest BCUT2D eigenvalue weighted by molar-refractivity contribution is -0.142. The van der Waals surface area contributed by atoms with Crippen LogP contribution in [0.5, 0.6) is 0 Å². The topological polar surface area (TPSA) is 98.7 Å². The third-order valence-corrected chi connectivity index (χ3v) is 1.77. The number of hydrogen-bond donors (Lipinski definition) is 4. The molecule has 0 heterocycles. The van der Waals surface area contributed by atoms with E-state index < -0.39 is 18.0 Å². The van der Waals surface area contributed by atoms with Crippen LogP contribution in [0.25, 0.3) is 0 Å². The largest absolute Gasteiger partial charge is 0.481 e. The van der Waals surface area contributed by atoms with E-state index in [2.05, 4.69) is 17.2 Å². The van der Waals surface area contributed by atoms with Gasteiger partial charge in [-0.3, -0.25) is 9.59 Å². The van der Waals surface area contributed by atoms with Gasteiger partial charge in [-0.05, 0) is 6.92 Å². The first-order valence-corrected chi connectivity index (χ1v) is 4.90. The van der Waals surface area contributed by atoms with Gasteiger partial charge in [0.15, 0.2) is 0 Å². The lowest BCUT2D eigenvalue weighted by Crippen LogP contribution is -2.44. The second-order valence-electron chi connectivity index (χ2n) is 3.76. The van der Waals surface area contributed by atoms with Crippen LogP contribution in [0.4, 0.5) is 0 Å². The number of carbonyl (C=O) groups is 2. The van der Waals surface area contributed by atoms with Crippen LogP contribution in [0.2, 0.25) is 0 Å². The van der Waals surface area contributed by atoms with Gasteiger partial charge >= 0.3 is 5.97 Å². The SMILES string of the molecule is C=CCNCC(=O)NCC(C)(O)CC(=O)O. The van der Waals surface area contributed by atoms with Crippen LogP contribution in [0.15, 0.2) is 12.7 Å². The average molecular weight is 230 g/mol. The Morgan fingerprint density at radius 3 is 2.62 bits per heavy atom. The van der Waals surface area contributed by atoms with Crippen LogP contribution >= 0.6 is 0 Å². The van der Waals surface area contributed by atoms with Crippen LogP contribution < -0.4 is 10.6 Å². The summed E-state index contributed by atoms with van der Waals surface area (Å²) in [6.45, 7) is 5.37. The molecule has 6 heteroatoms. The average Bonchev–Trinajstić information content (AvgIpc) is 2.13. The third kappa shape index (κ3) is 7.95. The van der Waals surface area contributed by atoms with Crippen molar-refractivity contribution in [2.45, 2.75) is 18.9 Å². The minimum atomic E-state index is -1.43. The monoisotopic (exact) mass is 230 g/mol. The first-order valence-electron chi connectivity index (χ1n) is 4.90. The van der Waals surface area contributed by atoms with Crippen molar-refractivity contribution in [1.29, 1.82) is 0 Å². The van der Waals surface area contributed by atoms with Gasteiger partial charge in [-0.15, -0.1) is 6.58 Å². The minimum absolute atomic E-state index is 0.0894. The van der Waals surface area contributed by atoms with E-state index in [0.29, 0.717) is 6.54 Å². The van der Waals surface area contributed by atoms with E-state index in [1.165, 1.54) is 6.92 Å². The number of nitrogens with one attached hydrogen (secondary N) is 2. The number of carboxylic acid groups (broad SMARTS) is 1. The molecular weight excluding hydrogens is 212 g/mol. The molecular formula is C10H18N2O4. The Kier molecular flexibility index (Phi) is 6.36. The summed E-state index contributed by atoms with van der Waals surface area (Å²) in [6.07, 6.45) is 1.21. The van der Waals surface area contributed by atoms with Crippen molar-refractivity contribution in [2.75, 3.05) is 19.6 Å². The van der Waals surface area contributed by atoms with Crippen LogP contribution in [0, 0.1) is 0 Å². The predicted octanol–water partition coefficient (Wildman–Crippen LogP) is -0.896. The van der Waals surface area contributed by atoms with E-state index in [-0.39, 0.29) is 19.0 Å². The standard InChI is InChI=1S/C10H18N2O4/c1-3-4-11-6-8(13)12-7-10(2,16)5-9(14)15/h3,11,16H,1,4-7H2,2H3,(H,12,13)(H,14,15). The number of rotatable bonds is 8. The van der Waals surface area contributed by atoms with Gasteiger partial charge in [-0.1, -0.05) is 6.08 Å². The lowest BCUT2D eigenvalue weighted by Gasteiger charge is -2.21. The lowest BCUT2D eigenvalue weighted by atomic mass is 10.0. The Morgan fingerprint density at radius 2 is 2.12 bits per heavy atom. The number of carbonyl (C=O) groups excluding carboxylic acids is 1. The van der Waals surface area contributed by atoms with Crippen molar-refractivity contribution in [3.05, 3.63) is 12.7 Å². The first kappa shape index (κ1) is 14.6. The van der Waals surface area contributed by atoms with Crippen molar-refractivity contribution in [2.24, 2.45) is 0 Å². The van der Waals surface area contributed by atoms with Gasteiger partial charge < -0.3 is 20.8 Å². The molecule has 0 rings (SSSR count). The predicted molar refractivity (Wildman–Crippen MR) is 59.0 cm³/mol. The number of aliphatic hydroxyl groups is 1. The van der Waals surface area contributed by atoms with Crippen molar-refractivity contribution >= 4 is 11.9 Å². The summed E-state index contributed by atoms with van der Waals surface area (Å²) in [7, 11) is 0. The summed E-state index contributed by atoms with van der Waals surface area (Å²) in [5, 5.41) is 23.3. The normalized spacial score (nSPS) is 13.9. The molecule has 1 amide bonds. The van der Waals surface area contributed by atoms with E-state index in [9.17, 15) is 14.7 Å². The van der Waals surface area contributed by atoms with Crippen molar-refractivity contribution in [3.63, 3.8) is 0 Å². The minimum Gasteiger partial charge on any atom is -0.481 e. The zero-order valence-electron chi connectivity index (χ0n) is 9.32. The van der Waals surface area contributed by atoms with Crippen LogP contribution in [0.1, 0.15) is 13.3 Å². The third-order valence-electron chi connectivity index (χ3n) is 1.77. The quantitative estimate of drug-likeness (QED) is 0.320. The summed E-state index contributed by atoms with van der Waals surface area (Å²) in [4.78, 5) is 21.6. The molecule has 1 atom stereocenters. The van der Waals surface area contributed by atoms with Gasteiger partial charge in [-0.2, -0.15) is 0 Å². The highest BCUT2D eigenvalue weighted by molar-refractivity contribution is 5.78. The molecule has 0 saturated heterocycles. The van der Waals surface area contributed by atoms with E-state index >= 15 is 0 Å². The molecule has 0 aliphatic carbocycles. The van der Waals surface area contributed by atoms with Crippen molar-refractivity contribution < 1.29 is 19.8 Å². The fraction of sp³-hybridized carbons (Fsp3) is 0.600. The van der Waals surface area contributed by atoms with Crippen LogP contribution in [0.3, 0.4) is 0 Å². The van der Waals surface area contributed by atoms with Crippen LogP contribution in [-0.4, -0.2) is 47.3 Å². The molecule has 1 unspecified atom stereocenters. The molecule has 0 aliphatic heterocycles. The Hall–Kier alpha value is -1.40. The Balaban J connectivity index is 3.81. The van der Waals surface area contributed by atoms with Crippen LogP contribution in [-0.2, 0) is 9.59 Å². The Labute approximate surface area is 94.3 Å². The zero-order chi connectivity index (χ0) is 12.6. The molecule has 0 radical (unpaired) electrons. The number of amides is 1. The highest BCUT2D eigenvalue weighted by Gasteiger charge is 2.24. The molecule has 92 valence electrons.